The minimum atomic E-state index is -0.131. The summed E-state index contributed by atoms with van der Waals surface area (Å²) >= 11 is 0. The molecule has 1 aromatic carbocycles. The molecule has 6 heteroatoms. The third-order valence-corrected chi connectivity index (χ3v) is 2.88. The first-order valence-corrected chi connectivity index (χ1v) is 6.86. The molecule has 0 heterocycles. The zero-order valence-electron chi connectivity index (χ0n) is 12.8. The summed E-state index contributed by atoms with van der Waals surface area (Å²) in [6.45, 7) is 1.39. The molecule has 0 unspecified atom stereocenters. The molecule has 2 amide bonds. The lowest BCUT2D eigenvalue weighted by Gasteiger charge is -2.12. The van der Waals surface area contributed by atoms with E-state index in [1.54, 1.807) is 39.4 Å². The van der Waals surface area contributed by atoms with Crippen LogP contribution in [0.25, 0.3) is 0 Å². The number of amides is 2. The molecule has 0 saturated carbocycles. The molecule has 0 fully saturated rings. The largest absolute Gasteiger partial charge is 0.385 e. The zero-order chi connectivity index (χ0) is 15.7. The summed E-state index contributed by atoms with van der Waals surface area (Å²) in [7, 11) is 5.04. The molecule has 0 atom stereocenters. The third-order valence-electron chi connectivity index (χ3n) is 2.88. The Kier molecular flexibility index (Phi) is 7.25. The van der Waals surface area contributed by atoms with E-state index >= 15 is 0 Å². The maximum Gasteiger partial charge on any atom is 0.251 e. The summed E-state index contributed by atoms with van der Waals surface area (Å²) in [5, 5.41) is 5.83. The van der Waals surface area contributed by atoms with E-state index < -0.39 is 0 Å². The molecule has 1 rings (SSSR count). The van der Waals surface area contributed by atoms with Crippen molar-refractivity contribution in [2.24, 2.45) is 0 Å². The lowest BCUT2D eigenvalue weighted by Crippen LogP contribution is -2.28. The average molecular weight is 293 g/mol. The first-order chi connectivity index (χ1) is 10.0. The van der Waals surface area contributed by atoms with Gasteiger partial charge in [-0.15, -0.1) is 0 Å². The van der Waals surface area contributed by atoms with E-state index in [4.69, 9.17) is 4.74 Å². The van der Waals surface area contributed by atoms with Gasteiger partial charge in [-0.1, -0.05) is 6.07 Å². The third kappa shape index (κ3) is 6.27. The predicted molar refractivity (Wildman–Crippen MR) is 82.5 cm³/mol. The lowest BCUT2D eigenvalue weighted by molar-refractivity contribution is -0.126. The normalized spacial score (nSPS) is 10.0. The molecule has 2 N–H and O–H groups in total. The fraction of sp³-hybridized carbons (Fsp3) is 0.467. The minimum Gasteiger partial charge on any atom is -0.385 e. The van der Waals surface area contributed by atoms with Gasteiger partial charge in [-0.05, 0) is 24.6 Å². The van der Waals surface area contributed by atoms with Crippen molar-refractivity contribution in [3.8, 4) is 0 Å². The zero-order valence-corrected chi connectivity index (χ0v) is 12.8. The number of rotatable bonds is 8. The number of benzene rings is 1. The Morgan fingerprint density at radius 1 is 1.29 bits per heavy atom. The molecule has 0 saturated heterocycles. The maximum atomic E-state index is 12.0. The molecule has 21 heavy (non-hydrogen) atoms. The summed E-state index contributed by atoms with van der Waals surface area (Å²) < 4.78 is 4.92. The Balaban J connectivity index is 2.51. The van der Waals surface area contributed by atoms with Gasteiger partial charge in [0.25, 0.3) is 5.91 Å². The molecule has 0 bridgehead atoms. The standard InChI is InChI=1S/C15H23N3O3/c1-18(2)14(19)11-17-13-7-4-6-12(10-13)15(20)16-8-5-9-21-3/h4,6-7,10,17H,5,8-9,11H2,1-3H3,(H,16,20). The first kappa shape index (κ1) is 17.0. The van der Waals surface area contributed by atoms with Gasteiger partial charge in [0.15, 0.2) is 0 Å². The molecule has 6 nitrogen and oxygen atoms in total. The summed E-state index contributed by atoms with van der Waals surface area (Å²) in [5.74, 6) is -0.155. The van der Waals surface area contributed by atoms with Crippen molar-refractivity contribution in [2.45, 2.75) is 6.42 Å². The number of ether oxygens (including phenoxy) is 1. The van der Waals surface area contributed by atoms with Crippen LogP contribution in [0, 0.1) is 0 Å². The van der Waals surface area contributed by atoms with Gasteiger partial charge in [-0.25, -0.2) is 0 Å². The number of nitrogens with zero attached hydrogens (tertiary/aromatic N) is 1. The molecule has 0 aliphatic carbocycles. The molecule has 0 aliphatic rings. The monoisotopic (exact) mass is 293 g/mol. The lowest BCUT2D eigenvalue weighted by atomic mass is 10.2. The van der Waals surface area contributed by atoms with E-state index in [-0.39, 0.29) is 18.4 Å². The van der Waals surface area contributed by atoms with E-state index in [0.29, 0.717) is 18.7 Å². The van der Waals surface area contributed by atoms with E-state index in [1.807, 2.05) is 6.07 Å². The van der Waals surface area contributed by atoms with Crippen LogP contribution in [0.15, 0.2) is 24.3 Å². The SMILES string of the molecule is COCCCNC(=O)c1cccc(NCC(=O)N(C)C)c1. The van der Waals surface area contributed by atoms with Crippen LogP contribution in [0.5, 0.6) is 0 Å². The summed E-state index contributed by atoms with van der Waals surface area (Å²) in [5.41, 5.74) is 1.31. The van der Waals surface area contributed by atoms with Crippen LogP contribution in [0.3, 0.4) is 0 Å². The number of carbonyl (C=O) groups excluding carboxylic acids is 2. The van der Waals surface area contributed by atoms with Crippen molar-refractivity contribution in [1.82, 2.24) is 10.2 Å². The predicted octanol–water partition coefficient (Wildman–Crippen LogP) is 0.953. The number of anilines is 1. The number of hydrogen-bond acceptors (Lipinski definition) is 4. The Bertz CT molecular complexity index is 475. The highest BCUT2D eigenvalue weighted by molar-refractivity contribution is 5.95. The number of methoxy groups -OCH3 is 1. The van der Waals surface area contributed by atoms with Crippen LogP contribution in [0.2, 0.25) is 0 Å². The van der Waals surface area contributed by atoms with Crippen LogP contribution in [-0.4, -0.2) is 57.6 Å². The van der Waals surface area contributed by atoms with E-state index in [1.165, 1.54) is 4.90 Å². The molecule has 0 spiro atoms. The summed E-state index contributed by atoms with van der Waals surface area (Å²) in [4.78, 5) is 25.0. The first-order valence-electron chi connectivity index (χ1n) is 6.86. The molecule has 116 valence electrons. The van der Waals surface area contributed by atoms with Gasteiger partial charge in [0.1, 0.15) is 0 Å². The molecular weight excluding hydrogens is 270 g/mol. The number of nitrogens with one attached hydrogen (secondary N) is 2. The van der Waals surface area contributed by atoms with Gasteiger partial charge in [0.05, 0.1) is 6.54 Å². The Morgan fingerprint density at radius 2 is 2.05 bits per heavy atom. The van der Waals surface area contributed by atoms with E-state index in [0.717, 1.165) is 12.1 Å². The molecule has 0 aliphatic heterocycles. The topological polar surface area (TPSA) is 70.7 Å². The molecular formula is C15H23N3O3. The van der Waals surface area contributed by atoms with Crippen molar-refractivity contribution >= 4 is 17.5 Å². The van der Waals surface area contributed by atoms with Crippen LogP contribution < -0.4 is 10.6 Å². The van der Waals surface area contributed by atoms with Crippen LogP contribution in [-0.2, 0) is 9.53 Å². The van der Waals surface area contributed by atoms with E-state index in [2.05, 4.69) is 10.6 Å². The van der Waals surface area contributed by atoms with Crippen molar-refractivity contribution in [1.29, 1.82) is 0 Å². The smallest absolute Gasteiger partial charge is 0.251 e. The fourth-order valence-electron chi connectivity index (χ4n) is 1.63. The Hall–Kier alpha value is -2.08. The highest BCUT2D eigenvalue weighted by Crippen LogP contribution is 2.10. The highest BCUT2D eigenvalue weighted by atomic mass is 16.5. The fourth-order valence-corrected chi connectivity index (χ4v) is 1.63. The molecule has 0 radical (unpaired) electrons. The Morgan fingerprint density at radius 3 is 2.71 bits per heavy atom. The van der Waals surface area contributed by atoms with Gasteiger partial charge in [-0.3, -0.25) is 9.59 Å². The van der Waals surface area contributed by atoms with Crippen LogP contribution in [0.4, 0.5) is 5.69 Å². The quantitative estimate of drug-likeness (QED) is 0.700. The van der Waals surface area contributed by atoms with Gasteiger partial charge in [0.2, 0.25) is 5.91 Å². The number of carbonyl (C=O) groups is 2. The van der Waals surface area contributed by atoms with Gasteiger partial charge in [0, 0.05) is 45.6 Å². The second-order valence-corrected chi connectivity index (χ2v) is 4.82. The number of hydrogen-bond donors (Lipinski definition) is 2. The van der Waals surface area contributed by atoms with E-state index in [9.17, 15) is 9.59 Å². The minimum absolute atomic E-state index is 0.0237. The van der Waals surface area contributed by atoms with Crippen LogP contribution in [0.1, 0.15) is 16.8 Å². The molecule has 0 aromatic heterocycles. The summed E-state index contributed by atoms with van der Waals surface area (Å²) in [6.07, 6.45) is 0.775. The maximum absolute atomic E-state index is 12.0. The second-order valence-electron chi connectivity index (χ2n) is 4.82. The second kappa shape index (κ2) is 8.97. The van der Waals surface area contributed by atoms with Gasteiger partial charge >= 0.3 is 0 Å². The van der Waals surface area contributed by atoms with Crippen molar-refractivity contribution in [2.75, 3.05) is 46.2 Å². The van der Waals surface area contributed by atoms with Gasteiger partial charge < -0.3 is 20.3 Å². The van der Waals surface area contributed by atoms with Crippen molar-refractivity contribution < 1.29 is 14.3 Å². The Labute approximate surface area is 125 Å². The van der Waals surface area contributed by atoms with Crippen molar-refractivity contribution in [3.63, 3.8) is 0 Å². The highest BCUT2D eigenvalue weighted by Gasteiger charge is 2.07. The van der Waals surface area contributed by atoms with Crippen LogP contribution >= 0.6 is 0 Å². The van der Waals surface area contributed by atoms with Gasteiger partial charge in [-0.2, -0.15) is 0 Å². The average Bonchev–Trinajstić information content (AvgIpc) is 2.49. The molecule has 1 aromatic rings. The summed E-state index contributed by atoms with van der Waals surface area (Å²) in [6, 6.07) is 7.08. The van der Waals surface area contributed by atoms with Crippen molar-refractivity contribution in [3.05, 3.63) is 29.8 Å². The number of likely N-dealkylation sites (N-methyl/N-ethyl adjacent to an activating group) is 1.